The molecule has 0 aromatic heterocycles. The van der Waals surface area contributed by atoms with Crippen LogP contribution in [0.25, 0.3) is 0 Å². The molecule has 2 heterocycles. The summed E-state index contributed by atoms with van der Waals surface area (Å²) in [4.78, 5) is 14.9. The van der Waals surface area contributed by atoms with Crippen molar-refractivity contribution in [3.8, 4) is 0 Å². The summed E-state index contributed by atoms with van der Waals surface area (Å²) in [6.07, 6.45) is 4.38. The van der Waals surface area contributed by atoms with Gasteiger partial charge >= 0.3 is 0 Å². The van der Waals surface area contributed by atoms with Crippen LogP contribution in [0.4, 0.5) is 17.1 Å². The molecule has 2 aliphatic rings. The van der Waals surface area contributed by atoms with E-state index in [0.717, 1.165) is 18.8 Å². The summed E-state index contributed by atoms with van der Waals surface area (Å²) in [7, 11) is -3.19. The van der Waals surface area contributed by atoms with E-state index in [4.69, 9.17) is 0 Å². The topological polar surface area (TPSA) is 69.7 Å². The van der Waals surface area contributed by atoms with Crippen LogP contribution in [0.3, 0.4) is 0 Å². The van der Waals surface area contributed by atoms with Crippen LogP contribution < -0.4 is 14.5 Å². The van der Waals surface area contributed by atoms with E-state index in [1.54, 1.807) is 24.3 Å². The maximum atomic E-state index is 12.5. The van der Waals surface area contributed by atoms with Gasteiger partial charge in [0.1, 0.15) is 0 Å². The molecule has 7 heteroatoms. The molecule has 2 fully saturated rings. The Hall–Kier alpha value is -2.54. The highest BCUT2D eigenvalue weighted by Crippen LogP contribution is 2.26. The Balaban J connectivity index is 1.40. The van der Waals surface area contributed by atoms with Gasteiger partial charge < -0.3 is 10.2 Å². The first-order valence-electron chi connectivity index (χ1n) is 9.80. The van der Waals surface area contributed by atoms with Gasteiger partial charge in [-0.05, 0) is 74.2 Å². The number of anilines is 3. The zero-order chi connectivity index (χ0) is 19.6. The van der Waals surface area contributed by atoms with Gasteiger partial charge in [-0.2, -0.15) is 0 Å². The Morgan fingerprint density at radius 2 is 1.43 bits per heavy atom. The summed E-state index contributed by atoms with van der Waals surface area (Å²) in [5.74, 6) is 0.0190. The third kappa shape index (κ3) is 3.99. The second-order valence-electron chi connectivity index (χ2n) is 7.34. The van der Waals surface area contributed by atoms with Crippen LogP contribution in [0.1, 0.15) is 36.0 Å². The van der Waals surface area contributed by atoms with E-state index in [1.807, 2.05) is 24.3 Å². The van der Waals surface area contributed by atoms with Crippen molar-refractivity contribution in [2.45, 2.75) is 25.7 Å². The van der Waals surface area contributed by atoms with Crippen molar-refractivity contribution >= 4 is 33.0 Å². The van der Waals surface area contributed by atoms with Gasteiger partial charge in [-0.15, -0.1) is 0 Å². The second-order valence-corrected chi connectivity index (χ2v) is 9.35. The SMILES string of the molecule is O=C(Nc1ccc(N2CCCS2(=O)=O)cc1)c1ccc(N2CCCCC2)cc1. The van der Waals surface area contributed by atoms with Crippen LogP contribution in [0.5, 0.6) is 0 Å². The number of hydrogen-bond acceptors (Lipinski definition) is 4. The predicted molar refractivity (Wildman–Crippen MR) is 113 cm³/mol. The number of amides is 1. The van der Waals surface area contributed by atoms with Gasteiger partial charge in [0.2, 0.25) is 10.0 Å². The number of rotatable bonds is 4. The Morgan fingerprint density at radius 3 is 2.04 bits per heavy atom. The molecule has 28 heavy (non-hydrogen) atoms. The molecule has 0 atom stereocenters. The molecule has 2 aliphatic heterocycles. The van der Waals surface area contributed by atoms with E-state index in [9.17, 15) is 13.2 Å². The summed E-state index contributed by atoms with van der Waals surface area (Å²) in [5.41, 5.74) is 3.05. The molecule has 1 amide bonds. The summed E-state index contributed by atoms with van der Waals surface area (Å²) in [6.45, 7) is 2.66. The molecule has 148 valence electrons. The molecule has 6 nitrogen and oxygen atoms in total. The summed E-state index contributed by atoms with van der Waals surface area (Å²) in [6, 6.07) is 14.7. The zero-order valence-corrected chi connectivity index (χ0v) is 16.6. The minimum Gasteiger partial charge on any atom is -0.372 e. The lowest BCUT2D eigenvalue weighted by atomic mass is 10.1. The number of sulfonamides is 1. The molecule has 0 saturated carbocycles. The van der Waals surface area contributed by atoms with Crippen LogP contribution in [-0.4, -0.2) is 39.7 Å². The Bertz CT molecular complexity index is 934. The Morgan fingerprint density at radius 1 is 0.786 bits per heavy atom. The fourth-order valence-corrected chi connectivity index (χ4v) is 5.38. The molecule has 0 radical (unpaired) electrons. The molecule has 0 spiro atoms. The first-order chi connectivity index (χ1) is 13.5. The lowest BCUT2D eigenvalue weighted by molar-refractivity contribution is 0.102. The molecule has 0 aliphatic carbocycles. The minimum absolute atomic E-state index is 0.174. The van der Waals surface area contributed by atoms with Gasteiger partial charge in [0.25, 0.3) is 5.91 Å². The van der Waals surface area contributed by atoms with Crippen molar-refractivity contribution in [1.82, 2.24) is 0 Å². The van der Waals surface area contributed by atoms with Crippen molar-refractivity contribution in [3.05, 3.63) is 54.1 Å². The normalized spacial score (nSPS) is 18.9. The fourth-order valence-electron chi connectivity index (χ4n) is 3.82. The van der Waals surface area contributed by atoms with Crippen molar-refractivity contribution in [2.24, 2.45) is 0 Å². The Kier molecular flexibility index (Phi) is 5.26. The molecular weight excluding hydrogens is 374 g/mol. The third-order valence-electron chi connectivity index (χ3n) is 5.36. The molecule has 2 aromatic carbocycles. The van der Waals surface area contributed by atoms with Gasteiger partial charge in [0.05, 0.1) is 11.4 Å². The highest BCUT2D eigenvalue weighted by atomic mass is 32.2. The Labute approximate surface area is 166 Å². The number of nitrogens with one attached hydrogen (secondary N) is 1. The third-order valence-corrected chi connectivity index (χ3v) is 7.23. The monoisotopic (exact) mass is 399 g/mol. The van der Waals surface area contributed by atoms with Crippen LogP contribution in [0.2, 0.25) is 0 Å². The number of nitrogens with zero attached hydrogens (tertiary/aromatic N) is 2. The summed E-state index contributed by atoms with van der Waals surface area (Å²) >= 11 is 0. The molecular formula is C21H25N3O3S. The number of benzene rings is 2. The van der Waals surface area contributed by atoms with E-state index < -0.39 is 10.0 Å². The van der Waals surface area contributed by atoms with Gasteiger partial charge in [0, 0.05) is 36.6 Å². The summed E-state index contributed by atoms with van der Waals surface area (Å²) < 4.78 is 25.4. The van der Waals surface area contributed by atoms with Gasteiger partial charge in [-0.1, -0.05) is 0 Å². The lowest BCUT2D eigenvalue weighted by Crippen LogP contribution is -2.29. The van der Waals surface area contributed by atoms with Crippen molar-refractivity contribution in [3.63, 3.8) is 0 Å². The van der Waals surface area contributed by atoms with E-state index in [2.05, 4.69) is 10.2 Å². The van der Waals surface area contributed by atoms with Crippen LogP contribution in [0.15, 0.2) is 48.5 Å². The van der Waals surface area contributed by atoms with Crippen molar-refractivity contribution in [2.75, 3.05) is 39.9 Å². The van der Waals surface area contributed by atoms with E-state index >= 15 is 0 Å². The number of carbonyl (C=O) groups excluding carboxylic acids is 1. The van der Waals surface area contributed by atoms with Gasteiger partial charge in [-0.25, -0.2) is 8.42 Å². The van der Waals surface area contributed by atoms with Crippen molar-refractivity contribution < 1.29 is 13.2 Å². The van der Waals surface area contributed by atoms with E-state index in [1.165, 1.54) is 23.6 Å². The standard InChI is InChI=1S/C21H25N3O3S/c25-21(17-5-9-19(10-6-17)23-13-2-1-3-14-23)22-18-7-11-20(12-8-18)24-15-4-16-28(24,26)27/h5-12H,1-4,13-16H2,(H,22,25). The van der Waals surface area contributed by atoms with E-state index in [0.29, 0.717) is 29.9 Å². The predicted octanol–water partition coefficient (Wildman–Crippen LogP) is 3.47. The quantitative estimate of drug-likeness (QED) is 0.855. The average molecular weight is 400 g/mol. The van der Waals surface area contributed by atoms with Crippen LogP contribution >= 0.6 is 0 Å². The van der Waals surface area contributed by atoms with Crippen molar-refractivity contribution in [1.29, 1.82) is 0 Å². The molecule has 2 saturated heterocycles. The second kappa shape index (κ2) is 7.83. The molecule has 2 aromatic rings. The largest absolute Gasteiger partial charge is 0.372 e. The summed E-state index contributed by atoms with van der Waals surface area (Å²) in [5, 5.41) is 2.88. The number of hydrogen-bond donors (Lipinski definition) is 1. The molecule has 0 unspecified atom stereocenters. The number of carbonyl (C=O) groups is 1. The van der Waals surface area contributed by atoms with E-state index in [-0.39, 0.29) is 11.7 Å². The average Bonchev–Trinajstić information content (AvgIpc) is 3.08. The fraction of sp³-hybridized carbons (Fsp3) is 0.381. The maximum Gasteiger partial charge on any atom is 0.255 e. The van der Waals surface area contributed by atoms with Gasteiger partial charge in [0.15, 0.2) is 0 Å². The smallest absolute Gasteiger partial charge is 0.255 e. The first kappa shape index (κ1) is 18.8. The van der Waals surface area contributed by atoms with Crippen LogP contribution in [-0.2, 0) is 10.0 Å². The zero-order valence-electron chi connectivity index (χ0n) is 15.8. The minimum atomic E-state index is -3.19. The maximum absolute atomic E-state index is 12.5. The highest BCUT2D eigenvalue weighted by Gasteiger charge is 2.28. The molecule has 4 rings (SSSR count). The van der Waals surface area contributed by atoms with Gasteiger partial charge in [-0.3, -0.25) is 9.10 Å². The number of piperidine rings is 1. The molecule has 1 N–H and O–H groups in total. The first-order valence-corrected chi connectivity index (χ1v) is 11.4. The molecule has 0 bridgehead atoms. The lowest BCUT2D eigenvalue weighted by Gasteiger charge is -2.28. The van der Waals surface area contributed by atoms with Crippen LogP contribution in [0, 0.1) is 0 Å². The highest BCUT2D eigenvalue weighted by molar-refractivity contribution is 7.93.